The fourth-order valence-corrected chi connectivity index (χ4v) is 4.23. The Labute approximate surface area is 213 Å². The summed E-state index contributed by atoms with van der Waals surface area (Å²) in [5, 5.41) is 18.4. The number of aromatic amines is 1. The Morgan fingerprint density at radius 3 is 2.70 bits per heavy atom. The zero-order valence-electron chi connectivity index (χ0n) is 20.3. The summed E-state index contributed by atoms with van der Waals surface area (Å²) in [6.45, 7) is -0.0246. The van der Waals surface area contributed by atoms with Gasteiger partial charge in [-0.25, -0.2) is 9.97 Å². The molecule has 2 aromatic carbocycles. The number of aromatic nitrogens is 6. The minimum absolute atomic E-state index is 0.0246. The second kappa shape index (κ2) is 9.73. The van der Waals surface area contributed by atoms with Gasteiger partial charge in [-0.05, 0) is 49.1 Å². The summed E-state index contributed by atoms with van der Waals surface area (Å²) in [5.74, 6) is 1.65. The lowest BCUT2D eigenvalue weighted by Crippen LogP contribution is -2.41. The van der Waals surface area contributed by atoms with Crippen molar-refractivity contribution in [1.29, 1.82) is 0 Å². The van der Waals surface area contributed by atoms with Crippen molar-refractivity contribution in [2.75, 3.05) is 11.9 Å². The molecule has 10 heteroatoms. The molecule has 37 heavy (non-hydrogen) atoms. The van der Waals surface area contributed by atoms with Crippen LogP contribution in [0.2, 0.25) is 0 Å². The number of anilines is 2. The van der Waals surface area contributed by atoms with Gasteiger partial charge in [-0.3, -0.25) is 14.6 Å². The molecule has 6 rings (SSSR count). The summed E-state index contributed by atoms with van der Waals surface area (Å²) in [4.78, 5) is 21.7. The number of hydrogen-bond donors (Lipinski definition) is 3. The minimum atomic E-state index is -0.104. The third-order valence-electron chi connectivity index (χ3n) is 6.50. The van der Waals surface area contributed by atoms with E-state index in [0.717, 1.165) is 40.6 Å². The van der Waals surface area contributed by atoms with Crippen LogP contribution in [0, 0.1) is 0 Å². The van der Waals surface area contributed by atoms with Crippen LogP contribution in [0.3, 0.4) is 0 Å². The highest BCUT2D eigenvalue weighted by atomic mass is 16.5. The van der Waals surface area contributed by atoms with Gasteiger partial charge in [0.05, 0.1) is 17.8 Å². The van der Waals surface area contributed by atoms with Gasteiger partial charge in [-0.2, -0.15) is 10.2 Å². The largest absolute Gasteiger partial charge is 0.484 e. The number of carbonyl (C=O) groups is 1. The highest BCUT2D eigenvalue weighted by molar-refractivity contribution is 5.90. The Morgan fingerprint density at radius 2 is 1.95 bits per heavy atom. The van der Waals surface area contributed by atoms with Crippen LogP contribution in [0.1, 0.15) is 19.3 Å². The van der Waals surface area contributed by atoms with Crippen molar-refractivity contribution in [2.24, 2.45) is 7.05 Å². The summed E-state index contributed by atoms with van der Waals surface area (Å²) in [7, 11) is 1.85. The molecule has 5 aromatic rings. The third kappa shape index (κ3) is 4.86. The Hall–Kier alpha value is -4.73. The van der Waals surface area contributed by atoms with E-state index in [4.69, 9.17) is 14.7 Å². The quantitative estimate of drug-likeness (QED) is 0.295. The molecule has 1 aliphatic carbocycles. The topological polar surface area (TPSA) is 123 Å². The Kier molecular flexibility index (Phi) is 5.97. The molecule has 1 aliphatic rings. The number of amides is 1. The van der Waals surface area contributed by atoms with Gasteiger partial charge in [0, 0.05) is 36.1 Å². The first-order valence-corrected chi connectivity index (χ1v) is 12.2. The molecule has 0 aliphatic heterocycles. The highest BCUT2D eigenvalue weighted by Crippen LogP contribution is 2.29. The van der Waals surface area contributed by atoms with Gasteiger partial charge in [0.2, 0.25) is 0 Å². The van der Waals surface area contributed by atoms with Crippen molar-refractivity contribution in [3.05, 3.63) is 67.1 Å². The SMILES string of the molecule is Cn1ncc2c(Nc3ccc(-c4cn[nH]c4)cc3)nc(-c3cccc(OCC(=O)NC4CCC4)c3)nc21. The number of aryl methyl sites for hydroxylation is 1. The maximum atomic E-state index is 12.2. The summed E-state index contributed by atoms with van der Waals surface area (Å²) in [6.07, 6.45) is 8.65. The summed E-state index contributed by atoms with van der Waals surface area (Å²) in [5.41, 5.74) is 4.45. The number of nitrogens with one attached hydrogen (secondary N) is 3. The molecule has 3 heterocycles. The first kappa shape index (κ1) is 22.7. The molecule has 0 atom stereocenters. The van der Waals surface area contributed by atoms with E-state index in [-0.39, 0.29) is 18.6 Å². The maximum Gasteiger partial charge on any atom is 0.258 e. The van der Waals surface area contributed by atoms with Gasteiger partial charge in [0.1, 0.15) is 11.6 Å². The summed E-state index contributed by atoms with van der Waals surface area (Å²) in [6, 6.07) is 15.8. The van der Waals surface area contributed by atoms with Gasteiger partial charge in [-0.1, -0.05) is 24.3 Å². The van der Waals surface area contributed by atoms with E-state index >= 15 is 0 Å². The fourth-order valence-electron chi connectivity index (χ4n) is 4.23. The van der Waals surface area contributed by atoms with Crippen molar-refractivity contribution in [3.63, 3.8) is 0 Å². The van der Waals surface area contributed by atoms with E-state index in [9.17, 15) is 4.79 Å². The standard InChI is InChI=1S/C27H26N8O2/c1-35-27-23(15-30-35)26(32-21-10-8-17(9-11-21)19-13-28-29-14-19)33-25(34-27)18-4-2-7-22(12-18)37-16-24(36)31-20-5-3-6-20/h2,4,7-15,20H,3,5-6,16H2,1H3,(H,28,29)(H,31,36)(H,32,33,34). The molecule has 1 fully saturated rings. The van der Waals surface area contributed by atoms with Gasteiger partial charge < -0.3 is 15.4 Å². The van der Waals surface area contributed by atoms with Crippen LogP contribution in [0.5, 0.6) is 5.75 Å². The van der Waals surface area contributed by atoms with Gasteiger partial charge in [0.25, 0.3) is 5.91 Å². The smallest absolute Gasteiger partial charge is 0.258 e. The zero-order valence-corrected chi connectivity index (χ0v) is 20.3. The molecule has 3 N–H and O–H groups in total. The highest BCUT2D eigenvalue weighted by Gasteiger charge is 2.19. The number of H-pyrrole nitrogens is 1. The molecule has 186 valence electrons. The fraction of sp³-hybridized carbons (Fsp3) is 0.222. The van der Waals surface area contributed by atoms with E-state index in [1.165, 1.54) is 6.42 Å². The Bertz CT molecular complexity index is 1540. The number of benzene rings is 2. The predicted octanol–water partition coefficient (Wildman–Crippen LogP) is 4.21. The molecule has 1 amide bonds. The summed E-state index contributed by atoms with van der Waals surface area (Å²) < 4.78 is 7.48. The predicted molar refractivity (Wildman–Crippen MR) is 140 cm³/mol. The molecular weight excluding hydrogens is 468 g/mol. The monoisotopic (exact) mass is 494 g/mol. The molecule has 3 aromatic heterocycles. The van der Waals surface area contributed by atoms with E-state index in [1.54, 1.807) is 17.1 Å². The number of nitrogens with zero attached hydrogens (tertiary/aromatic N) is 5. The van der Waals surface area contributed by atoms with Crippen LogP contribution in [-0.4, -0.2) is 48.5 Å². The molecule has 10 nitrogen and oxygen atoms in total. The van der Waals surface area contributed by atoms with Crippen molar-refractivity contribution in [2.45, 2.75) is 25.3 Å². The molecule has 0 spiro atoms. The average molecular weight is 495 g/mol. The van der Waals surface area contributed by atoms with E-state index < -0.39 is 0 Å². The van der Waals surface area contributed by atoms with Crippen LogP contribution in [0.15, 0.2) is 67.1 Å². The molecule has 0 saturated heterocycles. The first-order valence-electron chi connectivity index (χ1n) is 12.2. The third-order valence-corrected chi connectivity index (χ3v) is 6.50. The van der Waals surface area contributed by atoms with Gasteiger partial charge in [0.15, 0.2) is 18.1 Å². The van der Waals surface area contributed by atoms with Crippen LogP contribution >= 0.6 is 0 Å². The second-order valence-corrected chi connectivity index (χ2v) is 9.10. The van der Waals surface area contributed by atoms with Crippen molar-refractivity contribution >= 4 is 28.4 Å². The van der Waals surface area contributed by atoms with Crippen LogP contribution in [0.4, 0.5) is 11.5 Å². The molecule has 0 bridgehead atoms. The number of ether oxygens (including phenoxy) is 1. The van der Waals surface area contributed by atoms with E-state index in [2.05, 4.69) is 25.9 Å². The van der Waals surface area contributed by atoms with Crippen molar-refractivity contribution in [1.82, 2.24) is 35.3 Å². The normalized spacial score (nSPS) is 13.3. The lowest BCUT2D eigenvalue weighted by Gasteiger charge is -2.26. The van der Waals surface area contributed by atoms with Crippen LogP contribution < -0.4 is 15.4 Å². The van der Waals surface area contributed by atoms with Crippen molar-refractivity contribution < 1.29 is 9.53 Å². The maximum absolute atomic E-state index is 12.2. The minimum Gasteiger partial charge on any atom is -0.484 e. The van der Waals surface area contributed by atoms with Crippen LogP contribution in [0.25, 0.3) is 33.5 Å². The van der Waals surface area contributed by atoms with Crippen molar-refractivity contribution in [3.8, 4) is 28.3 Å². The first-order chi connectivity index (χ1) is 18.1. The van der Waals surface area contributed by atoms with E-state index in [1.807, 2.05) is 61.8 Å². The number of hydrogen-bond acceptors (Lipinski definition) is 7. The lowest BCUT2D eigenvalue weighted by atomic mass is 9.93. The second-order valence-electron chi connectivity index (χ2n) is 9.10. The molecular formula is C27H26N8O2. The van der Waals surface area contributed by atoms with E-state index in [0.29, 0.717) is 23.0 Å². The Balaban J connectivity index is 1.25. The van der Waals surface area contributed by atoms with Gasteiger partial charge in [-0.15, -0.1) is 0 Å². The molecule has 0 radical (unpaired) electrons. The zero-order chi connectivity index (χ0) is 25.2. The average Bonchev–Trinajstić information content (AvgIpc) is 3.56. The number of carbonyl (C=O) groups excluding carboxylic acids is 1. The van der Waals surface area contributed by atoms with Gasteiger partial charge >= 0.3 is 0 Å². The summed E-state index contributed by atoms with van der Waals surface area (Å²) >= 11 is 0. The number of fused-ring (bicyclic) bond motifs is 1. The molecule has 1 saturated carbocycles. The van der Waals surface area contributed by atoms with Crippen LogP contribution in [-0.2, 0) is 11.8 Å². The molecule has 0 unspecified atom stereocenters. The lowest BCUT2D eigenvalue weighted by molar-refractivity contribution is -0.124. The Morgan fingerprint density at radius 1 is 1.08 bits per heavy atom. The number of rotatable bonds is 8.